The topological polar surface area (TPSA) is 63.0 Å². The molecule has 0 N–H and O–H groups in total. The summed E-state index contributed by atoms with van der Waals surface area (Å²) in [6.07, 6.45) is 5.65. The maximum Gasteiger partial charge on any atom is 0.242 e. The zero-order valence-corrected chi connectivity index (χ0v) is 16.8. The zero-order valence-electron chi connectivity index (χ0n) is 16.8. The summed E-state index contributed by atoms with van der Waals surface area (Å²) < 4.78 is 11.1. The molecule has 1 aromatic heterocycles. The third kappa shape index (κ3) is 7.21. The molecule has 0 spiro atoms. The maximum absolute atomic E-state index is 13.0. The number of amides is 2. The van der Waals surface area contributed by atoms with Gasteiger partial charge in [-0.3, -0.25) is 9.59 Å². The average Bonchev–Trinajstić information content (AvgIpc) is 3.26. The van der Waals surface area contributed by atoms with E-state index in [0.29, 0.717) is 26.1 Å². The molecular formula is C21H32N2O4. The van der Waals surface area contributed by atoms with E-state index in [1.165, 1.54) is 0 Å². The smallest absolute Gasteiger partial charge is 0.242 e. The van der Waals surface area contributed by atoms with E-state index in [1.54, 1.807) is 28.2 Å². The quantitative estimate of drug-likeness (QED) is 0.621. The molecule has 0 aromatic carbocycles. The summed E-state index contributed by atoms with van der Waals surface area (Å²) in [4.78, 5) is 29.0. The average molecular weight is 376 g/mol. The van der Waals surface area contributed by atoms with Crippen LogP contribution in [0.25, 0.3) is 0 Å². The molecular weight excluding hydrogens is 344 g/mol. The molecule has 2 amide bonds. The van der Waals surface area contributed by atoms with Gasteiger partial charge in [0, 0.05) is 26.1 Å². The Kier molecular flexibility index (Phi) is 7.66. The fraction of sp³-hybridized carbons (Fsp3) is 0.619. The fourth-order valence-electron chi connectivity index (χ4n) is 3.12. The van der Waals surface area contributed by atoms with Crippen molar-refractivity contribution in [3.63, 3.8) is 0 Å². The largest absolute Gasteiger partial charge is 0.467 e. The Labute approximate surface area is 162 Å². The number of carbonyl (C=O) groups is 2. The molecule has 0 aliphatic carbocycles. The van der Waals surface area contributed by atoms with Crippen molar-refractivity contribution in [3.05, 3.63) is 36.8 Å². The summed E-state index contributed by atoms with van der Waals surface area (Å²) in [5.74, 6) is 0.578. The van der Waals surface area contributed by atoms with Crippen LogP contribution in [-0.2, 0) is 20.9 Å². The molecule has 6 heteroatoms. The molecule has 6 nitrogen and oxygen atoms in total. The standard InChI is InChI=1S/C21H32N2O4/c1-5-10-22(19(24)13-21(2,3)4)16-20(25)23(14-17-8-6-11-26-17)15-18-9-7-12-27-18/h5-6,8,11,18H,1,7,9-10,12-16H2,2-4H3. The van der Waals surface area contributed by atoms with Crippen LogP contribution in [0.4, 0.5) is 0 Å². The molecule has 1 aliphatic heterocycles. The number of furan rings is 1. The van der Waals surface area contributed by atoms with Gasteiger partial charge in [0.25, 0.3) is 0 Å². The molecule has 1 atom stereocenters. The Morgan fingerprint density at radius 1 is 1.30 bits per heavy atom. The van der Waals surface area contributed by atoms with E-state index in [4.69, 9.17) is 9.15 Å². The highest BCUT2D eigenvalue weighted by atomic mass is 16.5. The van der Waals surface area contributed by atoms with Crippen LogP contribution in [0.5, 0.6) is 0 Å². The number of nitrogens with zero attached hydrogens (tertiary/aromatic N) is 2. The summed E-state index contributed by atoms with van der Waals surface area (Å²) in [5.41, 5.74) is -0.134. The number of hydrogen-bond donors (Lipinski definition) is 0. The van der Waals surface area contributed by atoms with Gasteiger partial charge >= 0.3 is 0 Å². The second kappa shape index (κ2) is 9.74. The van der Waals surface area contributed by atoms with E-state index in [-0.39, 0.29) is 29.9 Å². The predicted octanol–water partition coefficient (Wildman–Crippen LogP) is 3.24. The molecule has 27 heavy (non-hydrogen) atoms. The van der Waals surface area contributed by atoms with Gasteiger partial charge in [-0.15, -0.1) is 6.58 Å². The van der Waals surface area contributed by atoms with Crippen LogP contribution in [0.2, 0.25) is 0 Å². The van der Waals surface area contributed by atoms with Crippen molar-refractivity contribution in [2.45, 2.75) is 52.7 Å². The summed E-state index contributed by atoms with van der Waals surface area (Å²) in [6.45, 7) is 11.8. The lowest BCUT2D eigenvalue weighted by Gasteiger charge is -2.29. The van der Waals surface area contributed by atoms with Crippen LogP contribution < -0.4 is 0 Å². The Hall–Kier alpha value is -2.08. The van der Waals surface area contributed by atoms with Gasteiger partial charge in [0.2, 0.25) is 11.8 Å². The van der Waals surface area contributed by atoms with Gasteiger partial charge in [0.15, 0.2) is 0 Å². The lowest BCUT2D eigenvalue weighted by Crippen LogP contribution is -2.45. The van der Waals surface area contributed by atoms with Gasteiger partial charge in [0.05, 0.1) is 18.9 Å². The van der Waals surface area contributed by atoms with Gasteiger partial charge in [-0.1, -0.05) is 26.8 Å². The van der Waals surface area contributed by atoms with E-state index in [2.05, 4.69) is 6.58 Å². The molecule has 1 unspecified atom stereocenters. The first-order valence-corrected chi connectivity index (χ1v) is 9.59. The van der Waals surface area contributed by atoms with E-state index in [9.17, 15) is 9.59 Å². The predicted molar refractivity (Wildman–Crippen MR) is 104 cm³/mol. The normalized spacial score (nSPS) is 16.9. The van der Waals surface area contributed by atoms with Crippen molar-refractivity contribution in [1.82, 2.24) is 9.80 Å². The number of carbonyl (C=O) groups excluding carboxylic acids is 2. The summed E-state index contributed by atoms with van der Waals surface area (Å²) in [6, 6.07) is 3.66. The SMILES string of the molecule is C=CCN(CC(=O)N(Cc1ccco1)CC1CCCO1)C(=O)CC(C)(C)C. The summed E-state index contributed by atoms with van der Waals surface area (Å²) in [7, 11) is 0. The highest BCUT2D eigenvalue weighted by molar-refractivity contribution is 5.85. The van der Waals surface area contributed by atoms with Crippen LogP contribution in [0.15, 0.2) is 35.5 Å². The number of hydrogen-bond acceptors (Lipinski definition) is 4. The molecule has 1 fully saturated rings. The van der Waals surface area contributed by atoms with Crippen LogP contribution in [0.1, 0.15) is 45.8 Å². The third-order valence-corrected chi connectivity index (χ3v) is 4.44. The molecule has 2 heterocycles. The Balaban J connectivity index is 2.06. The molecule has 1 saturated heterocycles. The van der Waals surface area contributed by atoms with Crippen molar-refractivity contribution in [3.8, 4) is 0 Å². The Bertz CT molecular complexity index is 613. The third-order valence-electron chi connectivity index (χ3n) is 4.44. The van der Waals surface area contributed by atoms with Crippen LogP contribution in [0.3, 0.4) is 0 Å². The molecule has 0 radical (unpaired) electrons. The molecule has 1 aliphatic rings. The van der Waals surface area contributed by atoms with Gasteiger partial charge in [-0.2, -0.15) is 0 Å². The highest BCUT2D eigenvalue weighted by Gasteiger charge is 2.27. The highest BCUT2D eigenvalue weighted by Crippen LogP contribution is 2.20. The monoisotopic (exact) mass is 376 g/mol. The second-order valence-electron chi connectivity index (χ2n) is 8.29. The van der Waals surface area contributed by atoms with Crippen molar-refractivity contribution in [1.29, 1.82) is 0 Å². The van der Waals surface area contributed by atoms with Gasteiger partial charge in [-0.25, -0.2) is 0 Å². The van der Waals surface area contributed by atoms with E-state index < -0.39 is 0 Å². The van der Waals surface area contributed by atoms with Crippen molar-refractivity contribution in [2.24, 2.45) is 5.41 Å². The number of rotatable bonds is 9. The summed E-state index contributed by atoms with van der Waals surface area (Å²) >= 11 is 0. The first-order valence-electron chi connectivity index (χ1n) is 9.59. The van der Waals surface area contributed by atoms with E-state index >= 15 is 0 Å². The molecule has 2 rings (SSSR count). The lowest BCUT2D eigenvalue weighted by molar-refractivity contribution is -0.142. The minimum Gasteiger partial charge on any atom is -0.467 e. The van der Waals surface area contributed by atoms with Crippen LogP contribution in [-0.4, -0.2) is 54.0 Å². The van der Waals surface area contributed by atoms with Crippen LogP contribution >= 0.6 is 0 Å². The van der Waals surface area contributed by atoms with Gasteiger partial charge in [0.1, 0.15) is 12.3 Å². The minimum absolute atomic E-state index is 0.0361. The second-order valence-corrected chi connectivity index (χ2v) is 8.29. The van der Waals surface area contributed by atoms with Gasteiger partial charge in [-0.05, 0) is 30.4 Å². The Morgan fingerprint density at radius 3 is 2.63 bits per heavy atom. The zero-order chi connectivity index (χ0) is 19.9. The fourth-order valence-corrected chi connectivity index (χ4v) is 3.12. The molecule has 0 bridgehead atoms. The first kappa shape index (κ1) is 21.2. The molecule has 1 aromatic rings. The minimum atomic E-state index is -0.134. The van der Waals surface area contributed by atoms with Crippen molar-refractivity contribution in [2.75, 3.05) is 26.2 Å². The Morgan fingerprint density at radius 2 is 2.07 bits per heavy atom. The first-order chi connectivity index (χ1) is 12.8. The lowest BCUT2D eigenvalue weighted by atomic mass is 9.91. The summed E-state index contributed by atoms with van der Waals surface area (Å²) in [5, 5.41) is 0. The van der Waals surface area contributed by atoms with Crippen molar-refractivity contribution < 1.29 is 18.7 Å². The van der Waals surface area contributed by atoms with Crippen molar-refractivity contribution >= 4 is 11.8 Å². The van der Waals surface area contributed by atoms with Gasteiger partial charge < -0.3 is 19.0 Å². The maximum atomic E-state index is 13.0. The van der Waals surface area contributed by atoms with E-state index in [0.717, 1.165) is 25.2 Å². The van der Waals surface area contributed by atoms with E-state index in [1.807, 2.05) is 26.8 Å². The molecule has 0 saturated carbocycles. The van der Waals surface area contributed by atoms with Crippen LogP contribution in [0, 0.1) is 5.41 Å². The molecule has 150 valence electrons. The number of ether oxygens (including phenoxy) is 1.